The van der Waals surface area contributed by atoms with Crippen LogP contribution in [0.5, 0.6) is 0 Å². The fourth-order valence-electron chi connectivity index (χ4n) is 12.3. The summed E-state index contributed by atoms with van der Waals surface area (Å²) in [5.74, 6) is 1.64. The maximum atomic E-state index is 5.05. The maximum Gasteiger partial charge on any atom is 0.234 e. The Morgan fingerprint density at radius 3 is 1.88 bits per heavy atom. The topological polar surface area (TPSA) is 35.6 Å². The third-order valence-electron chi connectivity index (χ3n) is 16.0. The van der Waals surface area contributed by atoms with Gasteiger partial charge in [0.25, 0.3) is 0 Å². The average Bonchev–Trinajstić information content (AvgIpc) is 3.94. The highest BCUT2D eigenvalue weighted by molar-refractivity contribution is 7.12. The summed E-state index contributed by atoms with van der Waals surface area (Å²) in [5, 5.41) is 9.69. The second-order valence-corrected chi connectivity index (χ2v) is 24.3. The van der Waals surface area contributed by atoms with Crippen molar-refractivity contribution < 1.29 is 0 Å². The van der Waals surface area contributed by atoms with Crippen LogP contribution in [0.4, 0.5) is 0 Å². The van der Waals surface area contributed by atoms with Crippen molar-refractivity contribution in [2.24, 2.45) is 11.8 Å². The van der Waals surface area contributed by atoms with Gasteiger partial charge in [-0.15, -0.1) is 0 Å². The van der Waals surface area contributed by atoms with E-state index in [1.54, 1.807) is 5.20 Å². The molecule has 3 aliphatic carbocycles. The first-order chi connectivity index (χ1) is 35.4. The fraction of sp³-hybridized carbons (Fsp3) is 0.134. The van der Waals surface area contributed by atoms with E-state index in [0.717, 1.165) is 41.4 Å². The molecule has 7 aromatic carbocycles. The summed E-state index contributed by atoms with van der Waals surface area (Å²) < 4.78 is 4.63. The molecule has 0 amide bonds. The summed E-state index contributed by atoms with van der Waals surface area (Å²) in [7, 11) is -2.56. The van der Waals surface area contributed by atoms with E-state index >= 15 is 0 Å². The van der Waals surface area contributed by atoms with Crippen LogP contribution < -0.4 is 10.4 Å². The van der Waals surface area contributed by atoms with E-state index in [1.807, 2.05) is 12.4 Å². The van der Waals surface area contributed by atoms with Gasteiger partial charge < -0.3 is 4.57 Å². The Labute approximate surface area is 423 Å². The second kappa shape index (κ2) is 17.6. The van der Waals surface area contributed by atoms with E-state index in [2.05, 4.69) is 254 Å². The minimum atomic E-state index is -2.56. The van der Waals surface area contributed by atoms with Crippen molar-refractivity contribution >= 4 is 57.2 Å². The summed E-state index contributed by atoms with van der Waals surface area (Å²) in [6.07, 6.45) is 26.3. The van der Waals surface area contributed by atoms with Gasteiger partial charge in [-0.1, -0.05) is 208 Å². The zero-order valence-corrected chi connectivity index (χ0v) is 42.1. The zero-order chi connectivity index (χ0) is 48.4. The molecule has 10 aromatic rings. The number of fused-ring (bicyclic) bond motifs is 6. The first-order valence-corrected chi connectivity index (χ1v) is 27.6. The standard InChI is InChI=1S/C67H56N4Si/c1-46-17-16-23-56(41-46)72(54-21-8-5-9-22-54,65-28-15-10-18-47(65)2)55-36-33-49(34-37-55)48-29-31-50(32-30-48)51-44-68-66(69-45-51)71-62-27-14-11-24-57(62)59-42-52(35-38-63(59)71)67(3)40-39-64-60(43-67)58-25-12-13-26-61(58)70(64)53-19-6-4-7-20-53/h4-16,19-42,44-47H,17-18,43H2,1-3H3. The maximum absolute atomic E-state index is 5.05. The minimum Gasteiger partial charge on any atom is -0.310 e. The average molecular weight is 945 g/mol. The first-order valence-electron chi connectivity index (χ1n) is 25.6. The molecule has 0 fully saturated rings. The van der Waals surface area contributed by atoms with E-state index < -0.39 is 8.07 Å². The van der Waals surface area contributed by atoms with E-state index in [-0.39, 0.29) is 5.41 Å². The molecule has 0 N–H and O–H groups in total. The Balaban J connectivity index is 0.799. The third-order valence-corrected chi connectivity index (χ3v) is 21.1. The molecule has 0 aliphatic heterocycles. The molecule has 0 saturated heterocycles. The van der Waals surface area contributed by atoms with Gasteiger partial charge >= 0.3 is 0 Å². The molecule has 348 valence electrons. The highest BCUT2D eigenvalue weighted by Gasteiger charge is 2.46. The van der Waals surface area contributed by atoms with Crippen LogP contribution in [0.15, 0.2) is 241 Å². The van der Waals surface area contributed by atoms with E-state index in [9.17, 15) is 0 Å². The van der Waals surface area contributed by atoms with Gasteiger partial charge in [-0.2, -0.15) is 0 Å². The molecule has 3 heterocycles. The highest BCUT2D eigenvalue weighted by atomic mass is 28.3. The van der Waals surface area contributed by atoms with Crippen molar-refractivity contribution in [3.8, 4) is 33.9 Å². The van der Waals surface area contributed by atoms with Gasteiger partial charge in [0, 0.05) is 50.9 Å². The summed E-state index contributed by atoms with van der Waals surface area (Å²) in [5.41, 5.74) is 12.8. The lowest BCUT2D eigenvalue weighted by atomic mass is 9.73. The van der Waals surface area contributed by atoms with Crippen molar-refractivity contribution in [1.82, 2.24) is 19.1 Å². The van der Waals surface area contributed by atoms with E-state index in [0.29, 0.717) is 17.8 Å². The molecule has 0 radical (unpaired) electrons. The van der Waals surface area contributed by atoms with Gasteiger partial charge in [-0.25, -0.2) is 9.97 Å². The highest BCUT2D eigenvalue weighted by Crippen LogP contribution is 2.44. The van der Waals surface area contributed by atoms with Gasteiger partial charge in [0.2, 0.25) is 5.95 Å². The Bertz CT molecular complexity index is 3850. The van der Waals surface area contributed by atoms with Crippen LogP contribution in [0.1, 0.15) is 50.4 Å². The normalized spacial score (nSPS) is 19.3. The Morgan fingerprint density at radius 1 is 0.556 bits per heavy atom. The first kappa shape index (κ1) is 43.9. The number of hydrogen-bond acceptors (Lipinski definition) is 2. The molecular formula is C67H56N4Si. The van der Waals surface area contributed by atoms with Crippen LogP contribution >= 0.6 is 0 Å². The predicted octanol–water partition coefficient (Wildman–Crippen LogP) is 15.1. The van der Waals surface area contributed by atoms with Crippen molar-refractivity contribution in [3.63, 3.8) is 0 Å². The van der Waals surface area contributed by atoms with Crippen molar-refractivity contribution in [3.05, 3.63) is 258 Å². The molecule has 5 heteroatoms. The molecule has 3 aromatic heterocycles. The van der Waals surface area contributed by atoms with Crippen molar-refractivity contribution in [2.45, 2.75) is 45.4 Å². The Morgan fingerprint density at radius 2 is 1.17 bits per heavy atom. The summed E-state index contributed by atoms with van der Waals surface area (Å²) in [6, 6.07) is 65.0. The van der Waals surface area contributed by atoms with Crippen LogP contribution in [-0.4, -0.2) is 27.2 Å². The molecule has 72 heavy (non-hydrogen) atoms. The predicted molar refractivity (Wildman–Crippen MR) is 304 cm³/mol. The monoisotopic (exact) mass is 944 g/mol. The molecule has 4 nitrogen and oxygen atoms in total. The van der Waals surface area contributed by atoms with E-state index in [1.165, 1.54) is 70.9 Å². The second-order valence-electron chi connectivity index (χ2n) is 20.5. The smallest absolute Gasteiger partial charge is 0.234 e. The molecule has 0 saturated carbocycles. The lowest BCUT2D eigenvalue weighted by Crippen LogP contribution is -2.63. The molecule has 4 unspecified atom stereocenters. The van der Waals surface area contributed by atoms with Crippen LogP contribution in [0.25, 0.3) is 72.7 Å². The van der Waals surface area contributed by atoms with Gasteiger partial charge in [-0.05, 0) is 117 Å². The summed E-state index contributed by atoms with van der Waals surface area (Å²) in [6.45, 7) is 7.16. The van der Waals surface area contributed by atoms with E-state index in [4.69, 9.17) is 9.97 Å². The molecule has 0 spiro atoms. The molecular weight excluding hydrogens is 889 g/mol. The molecule has 13 rings (SSSR count). The molecule has 0 bridgehead atoms. The number of hydrogen-bond donors (Lipinski definition) is 0. The summed E-state index contributed by atoms with van der Waals surface area (Å²) in [4.78, 5) is 10.1. The fourth-order valence-corrected chi connectivity index (χ4v) is 17.8. The number of benzene rings is 7. The Kier molecular flexibility index (Phi) is 10.7. The van der Waals surface area contributed by atoms with Crippen LogP contribution in [0.2, 0.25) is 0 Å². The van der Waals surface area contributed by atoms with Gasteiger partial charge in [0.15, 0.2) is 8.07 Å². The van der Waals surface area contributed by atoms with Gasteiger partial charge in [0.05, 0.1) is 16.6 Å². The Hall–Kier alpha value is -8.12. The zero-order valence-electron chi connectivity index (χ0n) is 41.1. The quantitative estimate of drug-likeness (QED) is 0.135. The lowest BCUT2D eigenvalue weighted by molar-refractivity contribution is 0.589. The summed E-state index contributed by atoms with van der Waals surface area (Å²) >= 11 is 0. The van der Waals surface area contributed by atoms with Gasteiger partial charge in [0.1, 0.15) is 0 Å². The van der Waals surface area contributed by atoms with Crippen molar-refractivity contribution in [2.75, 3.05) is 0 Å². The number of nitrogens with zero attached hydrogens (tertiary/aromatic N) is 4. The number of para-hydroxylation sites is 3. The van der Waals surface area contributed by atoms with Crippen molar-refractivity contribution in [1.29, 1.82) is 0 Å². The lowest BCUT2D eigenvalue weighted by Gasteiger charge is -2.41. The largest absolute Gasteiger partial charge is 0.310 e. The van der Waals surface area contributed by atoms with Gasteiger partial charge in [-0.3, -0.25) is 4.57 Å². The SMILES string of the molecule is CC1C=C([Si](C2=CC=CCC2C)(c2ccccc2)c2ccc(-c3ccc(-c4cnc(-n5c6ccccc6c6cc(C7(C)C=Cc8c(c9ccccc9n8-c8ccccc8)C7)ccc65)nc4)cc3)cc2)C=CC1. The minimum absolute atomic E-state index is 0.199. The van der Waals surface area contributed by atoms with Crippen LogP contribution in [-0.2, 0) is 11.8 Å². The van der Waals surface area contributed by atoms with Crippen LogP contribution in [0.3, 0.4) is 0 Å². The van der Waals surface area contributed by atoms with Crippen LogP contribution in [0, 0.1) is 11.8 Å². The number of aromatic nitrogens is 4. The molecule has 4 atom stereocenters. The number of allylic oxidation sites excluding steroid dienone is 9. The third kappa shape index (κ3) is 7.17. The molecule has 3 aliphatic rings. The number of rotatable bonds is 9.